The van der Waals surface area contributed by atoms with Crippen LogP contribution < -0.4 is 5.32 Å². The summed E-state index contributed by atoms with van der Waals surface area (Å²) in [5, 5.41) is 54.5. The molecule has 1 saturated heterocycles. The molecule has 1 heterocycles. The number of aliphatic hydroxyl groups excluding tert-OH is 5. The van der Waals surface area contributed by atoms with Crippen LogP contribution in [0.1, 0.15) is 296 Å². The van der Waals surface area contributed by atoms with E-state index in [9.17, 15) is 30.3 Å². The van der Waals surface area contributed by atoms with Gasteiger partial charge in [0.1, 0.15) is 24.4 Å². The van der Waals surface area contributed by atoms with Gasteiger partial charge in [0.25, 0.3) is 0 Å². The molecule has 0 saturated carbocycles. The van der Waals surface area contributed by atoms with E-state index in [1.54, 1.807) is 6.08 Å². The van der Waals surface area contributed by atoms with Gasteiger partial charge in [0, 0.05) is 6.42 Å². The third kappa shape index (κ3) is 44.4. The van der Waals surface area contributed by atoms with Crippen molar-refractivity contribution >= 4 is 5.91 Å². The number of carbonyl (C=O) groups is 1. The van der Waals surface area contributed by atoms with Crippen LogP contribution in [0.4, 0.5) is 0 Å². The maximum atomic E-state index is 13.1. The number of aliphatic hydroxyl groups is 5. The molecule has 75 heavy (non-hydrogen) atoms. The Balaban J connectivity index is 2.08. The molecule has 0 spiro atoms. The van der Waals surface area contributed by atoms with Gasteiger partial charge in [-0.3, -0.25) is 4.79 Å². The van der Waals surface area contributed by atoms with E-state index in [0.29, 0.717) is 6.42 Å². The van der Waals surface area contributed by atoms with E-state index in [1.807, 2.05) is 6.08 Å². The van der Waals surface area contributed by atoms with Gasteiger partial charge >= 0.3 is 0 Å². The zero-order chi connectivity index (χ0) is 54.3. The van der Waals surface area contributed by atoms with Crippen molar-refractivity contribution in [2.24, 2.45) is 0 Å². The Hall–Kier alpha value is -2.11. The number of rotatable bonds is 55. The molecular formula is C66H121NO8. The van der Waals surface area contributed by atoms with Crippen LogP contribution in [0, 0.1) is 0 Å². The molecule has 1 amide bonds. The second kappa shape index (κ2) is 55.2. The molecule has 1 aliphatic heterocycles. The maximum absolute atomic E-state index is 13.1. The van der Waals surface area contributed by atoms with Gasteiger partial charge in [-0.1, -0.05) is 274 Å². The van der Waals surface area contributed by atoms with Crippen LogP contribution in [0.25, 0.3) is 0 Å². The molecule has 0 aromatic heterocycles. The van der Waals surface area contributed by atoms with E-state index in [0.717, 1.165) is 57.8 Å². The lowest BCUT2D eigenvalue weighted by molar-refractivity contribution is -0.302. The fourth-order valence-corrected chi connectivity index (χ4v) is 9.99. The Morgan fingerprint density at radius 1 is 0.453 bits per heavy atom. The summed E-state index contributed by atoms with van der Waals surface area (Å²) in [6.07, 6.45) is 69.0. The molecule has 0 bridgehead atoms. The average molecular weight is 1060 g/mol. The lowest BCUT2D eigenvalue weighted by atomic mass is 9.99. The summed E-state index contributed by atoms with van der Waals surface area (Å²) in [6.45, 7) is 3.75. The Labute approximate surface area is 462 Å². The number of ether oxygens (including phenoxy) is 2. The molecule has 7 atom stereocenters. The highest BCUT2D eigenvalue weighted by Crippen LogP contribution is 2.23. The second-order valence-corrected chi connectivity index (χ2v) is 22.2. The van der Waals surface area contributed by atoms with Gasteiger partial charge in [-0.25, -0.2) is 0 Å². The van der Waals surface area contributed by atoms with Crippen LogP contribution in [-0.4, -0.2) is 87.5 Å². The smallest absolute Gasteiger partial charge is 0.220 e. The number of hydrogen-bond acceptors (Lipinski definition) is 8. The number of allylic oxidation sites excluding steroid dienone is 9. The van der Waals surface area contributed by atoms with E-state index < -0.39 is 49.5 Å². The van der Waals surface area contributed by atoms with Crippen LogP contribution in [-0.2, 0) is 14.3 Å². The summed E-state index contributed by atoms with van der Waals surface area (Å²) in [5.74, 6) is -0.188. The zero-order valence-corrected chi connectivity index (χ0v) is 48.8. The van der Waals surface area contributed by atoms with Crippen molar-refractivity contribution in [2.75, 3.05) is 13.2 Å². The predicted octanol–water partition coefficient (Wildman–Crippen LogP) is 16.6. The minimum absolute atomic E-state index is 0.188. The molecular weight excluding hydrogens is 935 g/mol. The summed E-state index contributed by atoms with van der Waals surface area (Å²) in [7, 11) is 0. The van der Waals surface area contributed by atoms with Crippen LogP contribution >= 0.6 is 0 Å². The third-order valence-corrected chi connectivity index (χ3v) is 15.0. The first-order valence-electron chi connectivity index (χ1n) is 32.0. The monoisotopic (exact) mass is 1060 g/mol. The van der Waals surface area contributed by atoms with Gasteiger partial charge in [-0.05, 0) is 77.0 Å². The van der Waals surface area contributed by atoms with E-state index in [4.69, 9.17) is 9.47 Å². The Kier molecular flexibility index (Phi) is 52.2. The highest BCUT2D eigenvalue weighted by molar-refractivity contribution is 5.76. The van der Waals surface area contributed by atoms with Gasteiger partial charge in [-0.2, -0.15) is 0 Å². The minimum atomic E-state index is -1.57. The van der Waals surface area contributed by atoms with Crippen molar-refractivity contribution in [1.82, 2.24) is 5.32 Å². The lowest BCUT2D eigenvalue weighted by Gasteiger charge is -2.40. The van der Waals surface area contributed by atoms with Crippen molar-refractivity contribution < 1.29 is 39.8 Å². The molecule has 1 fully saturated rings. The number of unbranched alkanes of at least 4 members (excludes halogenated alkanes) is 37. The minimum Gasteiger partial charge on any atom is -0.394 e. The van der Waals surface area contributed by atoms with Crippen molar-refractivity contribution in [2.45, 2.75) is 339 Å². The molecule has 0 aliphatic carbocycles. The van der Waals surface area contributed by atoms with E-state index >= 15 is 0 Å². The fraction of sp³-hybridized carbons (Fsp3) is 0.833. The second-order valence-electron chi connectivity index (χ2n) is 22.2. The molecule has 438 valence electrons. The normalized spacial score (nSPS) is 19.3. The summed E-state index contributed by atoms with van der Waals surface area (Å²) in [6, 6.07) is -0.828. The average Bonchev–Trinajstić information content (AvgIpc) is 3.41. The summed E-state index contributed by atoms with van der Waals surface area (Å²) in [4.78, 5) is 13.1. The van der Waals surface area contributed by atoms with Crippen molar-refractivity contribution in [3.63, 3.8) is 0 Å². The quantitative estimate of drug-likeness (QED) is 0.0261. The summed E-state index contributed by atoms with van der Waals surface area (Å²) < 4.78 is 11.3. The zero-order valence-electron chi connectivity index (χ0n) is 48.8. The van der Waals surface area contributed by atoms with Gasteiger partial charge < -0.3 is 40.3 Å². The fourth-order valence-electron chi connectivity index (χ4n) is 9.99. The van der Waals surface area contributed by atoms with Gasteiger partial charge in [0.15, 0.2) is 6.29 Å². The molecule has 1 aliphatic rings. The van der Waals surface area contributed by atoms with Crippen molar-refractivity contribution in [3.8, 4) is 0 Å². The first-order chi connectivity index (χ1) is 36.8. The van der Waals surface area contributed by atoms with Crippen LogP contribution in [0.5, 0.6) is 0 Å². The van der Waals surface area contributed by atoms with E-state index in [1.165, 1.54) is 218 Å². The number of nitrogens with one attached hydrogen (secondary N) is 1. The Morgan fingerprint density at radius 3 is 1.20 bits per heavy atom. The Bertz CT molecular complexity index is 1360. The first-order valence-corrected chi connectivity index (χ1v) is 32.0. The largest absolute Gasteiger partial charge is 0.394 e. The van der Waals surface area contributed by atoms with Crippen LogP contribution in [0.2, 0.25) is 0 Å². The Morgan fingerprint density at radius 2 is 0.800 bits per heavy atom. The van der Waals surface area contributed by atoms with E-state index in [-0.39, 0.29) is 12.5 Å². The molecule has 7 unspecified atom stereocenters. The molecule has 0 radical (unpaired) electrons. The summed E-state index contributed by atoms with van der Waals surface area (Å²) >= 11 is 0. The molecule has 6 N–H and O–H groups in total. The highest BCUT2D eigenvalue weighted by atomic mass is 16.7. The van der Waals surface area contributed by atoms with Crippen molar-refractivity contribution in [1.29, 1.82) is 0 Å². The number of hydrogen-bond donors (Lipinski definition) is 6. The maximum Gasteiger partial charge on any atom is 0.220 e. The van der Waals surface area contributed by atoms with Crippen molar-refractivity contribution in [3.05, 3.63) is 60.8 Å². The molecule has 1 rings (SSSR count). The first kappa shape index (κ1) is 70.9. The predicted molar refractivity (Wildman–Crippen MR) is 318 cm³/mol. The standard InChI is InChI=1S/C66H121NO8/c1-3-5-7-9-11-13-15-17-19-20-21-22-23-24-25-26-27-28-29-30-31-32-33-34-35-36-37-38-39-40-42-44-46-48-50-52-54-56-62(70)67-59(58-74-66-65(73)64(72)63(71)61(57-68)75-66)60(69)55-53-51-49-47-45-43-41-18-16-14-12-10-8-6-4-2/h15-18,20-21,45,47,53,55,59-61,63-66,68-69,71-73H,3-14,19,22-44,46,48-52,54,56-58H2,1-2H3,(H,67,70)/b17-15-,18-16+,21-20-,47-45+,55-53+. The van der Waals surface area contributed by atoms with Gasteiger partial charge in [-0.15, -0.1) is 0 Å². The van der Waals surface area contributed by atoms with Gasteiger partial charge in [0.2, 0.25) is 5.91 Å². The lowest BCUT2D eigenvalue weighted by Crippen LogP contribution is -2.60. The van der Waals surface area contributed by atoms with Gasteiger partial charge in [0.05, 0.1) is 25.4 Å². The topological polar surface area (TPSA) is 149 Å². The van der Waals surface area contributed by atoms with E-state index in [2.05, 4.69) is 67.8 Å². The molecule has 0 aromatic carbocycles. The molecule has 9 heteroatoms. The third-order valence-electron chi connectivity index (χ3n) is 15.0. The number of carbonyl (C=O) groups excluding carboxylic acids is 1. The molecule has 9 nitrogen and oxygen atoms in total. The van der Waals surface area contributed by atoms with Crippen LogP contribution in [0.15, 0.2) is 60.8 Å². The SMILES string of the molecule is CCCCCCC/C=C\C/C=C\CCCCCCCCCCCCCCCCCCCCCCCCCCCC(=O)NC(COC1OC(CO)C(O)C(O)C1O)C(O)/C=C/CC/C=C/CC/C=C/CCCCCCC. The number of amides is 1. The van der Waals surface area contributed by atoms with Crippen LogP contribution in [0.3, 0.4) is 0 Å². The summed E-state index contributed by atoms with van der Waals surface area (Å²) in [5.41, 5.74) is 0. The highest BCUT2D eigenvalue weighted by Gasteiger charge is 2.44. The molecule has 0 aromatic rings.